The molecule has 2 heteroatoms. The van der Waals surface area contributed by atoms with Crippen molar-refractivity contribution in [2.45, 2.75) is 65.3 Å². The first-order valence-corrected chi connectivity index (χ1v) is 7.64. The van der Waals surface area contributed by atoms with Crippen LogP contribution in [0.15, 0.2) is 12.1 Å². The van der Waals surface area contributed by atoms with E-state index in [1.807, 2.05) is 11.3 Å². The fourth-order valence-corrected chi connectivity index (χ4v) is 3.12. The number of hydrogen-bond acceptors (Lipinski definition) is 2. The molecule has 0 saturated carbocycles. The Morgan fingerprint density at radius 1 is 1.24 bits per heavy atom. The first-order valence-electron chi connectivity index (χ1n) is 6.82. The van der Waals surface area contributed by atoms with Gasteiger partial charge < -0.3 is 5.32 Å². The summed E-state index contributed by atoms with van der Waals surface area (Å²) >= 11 is 1.98. The van der Waals surface area contributed by atoms with E-state index >= 15 is 0 Å². The van der Waals surface area contributed by atoms with Gasteiger partial charge in [-0.2, -0.15) is 0 Å². The van der Waals surface area contributed by atoms with Crippen molar-refractivity contribution in [1.29, 1.82) is 0 Å². The average Bonchev–Trinajstić information content (AvgIpc) is 2.72. The van der Waals surface area contributed by atoms with Crippen LogP contribution in [0.4, 0.5) is 0 Å². The molecule has 1 aromatic heterocycles. The molecule has 1 atom stereocenters. The third kappa shape index (κ3) is 4.44. The van der Waals surface area contributed by atoms with Crippen molar-refractivity contribution in [2.24, 2.45) is 0 Å². The molecular formula is C15H27NS. The molecule has 98 valence electrons. The molecule has 17 heavy (non-hydrogen) atoms. The van der Waals surface area contributed by atoms with E-state index in [-0.39, 0.29) is 5.41 Å². The molecule has 1 unspecified atom stereocenters. The number of rotatable bonds is 6. The number of nitrogens with one attached hydrogen (secondary N) is 1. The molecule has 0 aliphatic carbocycles. The van der Waals surface area contributed by atoms with Crippen LogP contribution in [-0.2, 0) is 5.41 Å². The zero-order valence-electron chi connectivity index (χ0n) is 12.0. The van der Waals surface area contributed by atoms with Gasteiger partial charge in [0.1, 0.15) is 0 Å². The van der Waals surface area contributed by atoms with Gasteiger partial charge in [0.15, 0.2) is 0 Å². The predicted octanol–water partition coefficient (Wildman–Crippen LogP) is 4.89. The molecule has 0 radical (unpaired) electrons. The summed E-state index contributed by atoms with van der Waals surface area (Å²) in [5, 5.41) is 3.61. The van der Waals surface area contributed by atoms with Gasteiger partial charge in [-0.1, -0.05) is 47.5 Å². The van der Waals surface area contributed by atoms with Crippen molar-refractivity contribution in [3.8, 4) is 0 Å². The Balaban J connectivity index is 2.76. The zero-order valence-corrected chi connectivity index (χ0v) is 12.8. The molecule has 0 aliphatic rings. The molecule has 1 heterocycles. The minimum Gasteiger partial charge on any atom is -0.310 e. The van der Waals surface area contributed by atoms with Gasteiger partial charge in [0, 0.05) is 15.8 Å². The third-order valence-corrected chi connectivity index (χ3v) is 4.63. The van der Waals surface area contributed by atoms with Crippen LogP contribution in [0.2, 0.25) is 0 Å². The van der Waals surface area contributed by atoms with Gasteiger partial charge in [0.05, 0.1) is 0 Å². The average molecular weight is 253 g/mol. The van der Waals surface area contributed by atoms with Crippen LogP contribution in [0.1, 0.15) is 69.7 Å². The Bertz CT molecular complexity index is 322. The Kier molecular flexibility index (Phi) is 5.68. The van der Waals surface area contributed by atoms with Crippen LogP contribution >= 0.6 is 11.3 Å². The highest BCUT2D eigenvalue weighted by Crippen LogP contribution is 2.33. The van der Waals surface area contributed by atoms with Crippen molar-refractivity contribution >= 4 is 11.3 Å². The van der Waals surface area contributed by atoms with Gasteiger partial charge in [-0.3, -0.25) is 0 Å². The zero-order chi connectivity index (χ0) is 12.9. The van der Waals surface area contributed by atoms with Gasteiger partial charge in [-0.25, -0.2) is 0 Å². The second-order valence-electron chi connectivity index (χ2n) is 5.70. The maximum atomic E-state index is 3.61. The molecule has 1 nitrogen and oxygen atoms in total. The lowest BCUT2D eigenvalue weighted by Crippen LogP contribution is -2.19. The van der Waals surface area contributed by atoms with Crippen molar-refractivity contribution in [2.75, 3.05) is 6.54 Å². The van der Waals surface area contributed by atoms with E-state index in [1.54, 1.807) is 0 Å². The highest BCUT2D eigenvalue weighted by Gasteiger charge is 2.19. The van der Waals surface area contributed by atoms with Gasteiger partial charge >= 0.3 is 0 Å². The quantitative estimate of drug-likeness (QED) is 0.761. The van der Waals surface area contributed by atoms with Crippen LogP contribution in [0, 0.1) is 0 Å². The molecule has 0 spiro atoms. The third-order valence-electron chi connectivity index (χ3n) is 3.01. The van der Waals surface area contributed by atoms with E-state index in [4.69, 9.17) is 0 Å². The van der Waals surface area contributed by atoms with Gasteiger partial charge in [-0.05, 0) is 30.5 Å². The summed E-state index contributed by atoms with van der Waals surface area (Å²) in [7, 11) is 0. The van der Waals surface area contributed by atoms with E-state index in [0.717, 1.165) is 6.54 Å². The number of hydrogen-bond donors (Lipinski definition) is 1. The van der Waals surface area contributed by atoms with Crippen molar-refractivity contribution in [1.82, 2.24) is 5.32 Å². The summed E-state index contributed by atoms with van der Waals surface area (Å²) in [4.78, 5) is 3.00. The van der Waals surface area contributed by atoms with Crippen molar-refractivity contribution in [3.63, 3.8) is 0 Å². The highest BCUT2D eigenvalue weighted by molar-refractivity contribution is 7.12. The summed E-state index contributed by atoms with van der Waals surface area (Å²) in [6, 6.07) is 5.17. The van der Waals surface area contributed by atoms with Crippen LogP contribution in [0.5, 0.6) is 0 Å². The van der Waals surface area contributed by atoms with Crippen LogP contribution in [-0.4, -0.2) is 6.54 Å². The van der Waals surface area contributed by atoms with E-state index in [0.29, 0.717) is 6.04 Å². The van der Waals surface area contributed by atoms with Crippen molar-refractivity contribution < 1.29 is 0 Å². The second-order valence-corrected chi connectivity index (χ2v) is 6.82. The highest BCUT2D eigenvalue weighted by atomic mass is 32.1. The van der Waals surface area contributed by atoms with Crippen LogP contribution in [0.25, 0.3) is 0 Å². The first-order chi connectivity index (χ1) is 7.99. The van der Waals surface area contributed by atoms with Crippen LogP contribution < -0.4 is 5.32 Å². The molecule has 0 bridgehead atoms. The molecule has 1 N–H and O–H groups in total. The topological polar surface area (TPSA) is 12.0 Å². The Hall–Kier alpha value is -0.340. The van der Waals surface area contributed by atoms with E-state index in [2.05, 4.69) is 52.1 Å². The fraction of sp³-hybridized carbons (Fsp3) is 0.733. The monoisotopic (exact) mass is 253 g/mol. The van der Waals surface area contributed by atoms with E-state index in [1.165, 1.54) is 29.0 Å². The lowest BCUT2D eigenvalue weighted by Gasteiger charge is -2.18. The summed E-state index contributed by atoms with van der Waals surface area (Å²) < 4.78 is 0. The smallest absolute Gasteiger partial charge is 0.0414 e. The van der Waals surface area contributed by atoms with Gasteiger partial charge in [0.25, 0.3) is 0 Å². The summed E-state index contributed by atoms with van der Waals surface area (Å²) in [5.74, 6) is 0. The fourth-order valence-electron chi connectivity index (χ4n) is 1.94. The van der Waals surface area contributed by atoms with E-state index in [9.17, 15) is 0 Å². The van der Waals surface area contributed by atoms with E-state index < -0.39 is 0 Å². The first kappa shape index (κ1) is 14.7. The largest absolute Gasteiger partial charge is 0.310 e. The maximum absolute atomic E-state index is 3.61. The summed E-state index contributed by atoms with van der Waals surface area (Å²) in [6.07, 6.45) is 3.84. The molecular weight excluding hydrogens is 226 g/mol. The minimum atomic E-state index is 0.282. The molecule has 0 fully saturated rings. The Morgan fingerprint density at radius 2 is 1.94 bits per heavy atom. The Morgan fingerprint density at radius 3 is 2.41 bits per heavy atom. The van der Waals surface area contributed by atoms with Crippen molar-refractivity contribution in [3.05, 3.63) is 21.9 Å². The molecule has 0 aromatic carbocycles. The summed E-state index contributed by atoms with van der Waals surface area (Å²) in [6.45, 7) is 12.4. The number of thiophene rings is 1. The van der Waals surface area contributed by atoms with Crippen LogP contribution in [0.3, 0.4) is 0 Å². The lowest BCUT2D eigenvalue weighted by atomic mass is 9.95. The molecule has 1 rings (SSSR count). The standard InChI is InChI=1S/C15H27NS/c1-6-8-9-12(16-7-2)13-10-11-14(17-13)15(3,4)5/h10-12,16H,6-9H2,1-5H3. The minimum absolute atomic E-state index is 0.282. The normalized spacial score (nSPS) is 13.9. The molecule has 1 aromatic rings. The molecule has 0 saturated heterocycles. The molecule has 0 amide bonds. The van der Waals surface area contributed by atoms with Gasteiger partial charge in [-0.15, -0.1) is 11.3 Å². The van der Waals surface area contributed by atoms with Gasteiger partial charge in [0.2, 0.25) is 0 Å². The second kappa shape index (κ2) is 6.55. The molecule has 0 aliphatic heterocycles. The number of unbranched alkanes of at least 4 members (excludes halogenated alkanes) is 1. The predicted molar refractivity (Wildman–Crippen MR) is 79.0 cm³/mol. The Labute approximate surface area is 111 Å². The summed E-state index contributed by atoms with van der Waals surface area (Å²) in [5.41, 5.74) is 0.282. The maximum Gasteiger partial charge on any atom is 0.0414 e. The lowest BCUT2D eigenvalue weighted by molar-refractivity contribution is 0.501. The SMILES string of the molecule is CCCCC(NCC)c1ccc(C(C)(C)C)s1.